The van der Waals surface area contributed by atoms with Gasteiger partial charge in [0.25, 0.3) is 0 Å². The molecule has 2 aliphatic heterocycles. The maximum absolute atomic E-state index is 12.2. The van der Waals surface area contributed by atoms with E-state index < -0.39 is 0 Å². The number of hydrazine groups is 1. The first-order valence-electron chi connectivity index (χ1n) is 8.21. The Morgan fingerprint density at radius 2 is 1.96 bits per heavy atom. The van der Waals surface area contributed by atoms with Gasteiger partial charge in [-0.1, -0.05) is 0 Å². The summed E-state index contributed by atoms with van der Waals surface area (Å²) >= 11 is 0. The standard InChI is InChI=1S/C16H21N5O3/c1-9-12(10(2)18-17-9)4-6-15-19-20-16(22)21(15)11-3-5-13-14(7-11)24-8-23-13/h3,5,7,9-10,12,17-18H,4,6,8H2,1-2H3,(H,20,22). The van der Waals surface area contributed by atoms with Gasteiger partial charge in [0.05, 0.1) is 5.69 Å². The lowest BCUT2D eigenvalue weighted by molar-refractivity contribution is 0.174. The number of aromatic nitrogens is 3. The Kier molecular flexibility index (Phi) is 3.78. The molecule has 8 nitrogen and oxygen atoms in total. The van der Waals surface area contributed by atoms with E-state index in [-0.39, 0.29) is 12.5 Å². The molecule has 4 rings (SSSR count). The van der Waals surface area contributed by atoms with E-state index in [0.717, 1.165) is 24.4 Å². The number of H-pyrrole nitrogens is 1. The Morgan fingerprint density at radius 3 is 2.75 bits per heavy atom. The molecule has 1 fully saturated rings. The number of aromatic amines is 1. The predicted molar refractivity (Wildman–Crippen MR) is 87.3 cm³/mol. The zero-order valence-corrected chi connectivity index (χ0v) is 13.7. The zero-order valence-electron chi connectivity index (χ0n) is 13.7. The summed E-state index contributed by atoms with van der Waals surface area (Å²) < 4.78 is 12.3. The van der Waals surface area contributed by atoms with Gasteiger partial charge in [0.1, 0.15) is 5.82 Å². The van der Waals surface area contributed by atoms with Crippen molar-refractivity contribution in [2.24, 2.45) is 5.92 Å². The summed E-state index contributed by atoms with van der Waals surface area (Å²) in [6, 6.07) is 6.26. The molecular weight excluding hydrogens is 310 g/mol. The number of nitrogens with one attached hydrogen (secondary N) is 3. The number of benzene rings is 1. The minimum Gasteiger partial charge on any atom is -0.454 e. The van der Waals surface area contributed by atoms with E-state index in [0.29, 0.717) is 29.5 Å². The van der Waals surface area contributed by atoms with Crippen LogP contribution in [0.2, 0.25) is 0 Å². The third-order valence-electron chi connectivity index (χ3n) is 4.88. The van der Waals surface area contributed by atoms with E-state index in [4.69, 9.17) is 9.47 Å². The van der Waals surface area contributed by atoms with E-state index in [1.54, 1.807) is 4.57 Å². The van der Waals surface area contributed by atoms with Crippen molar-refractivity contribution in [3.8, 4) is 17.2 Å². The van der Waals surface area contributed by atoms with Gasteiger partial charge in [0.2, 0.25) is 6.79 Å². The molecule has 3 N–H and O–H groups in total. The normalized spacial score (nSPS) is 25.3. The van der Waals surface area contributed by atoms with Gasteiger partial charge in [0.15, 0.2) is 11.5 Å². The average Bonchev–Trinajstić information content (AvgIpc) is 3.25. The van der Waals surface area contributed by atoms with Crippen LogP contribution in [0, 0.1) is 5.92 Å². The summed E-state index contributed by atoms with van der Waals surface area (Å²) in [5.74, 6) is 2.56. The van der Waals surface area contributed by atoms with Crippen LogP contribution in [0.4, 0.5) is 0 Å². The fourth-order valence-electron chi connectivity index (χ4n) is 3.49. The van der Waals surface area contributed by atoms with Gasteiger partial charge in [-0.05, 0) is 38.3 Å². The van der Waals surface area contributed by atoms with Gasteiger partial charge in [0, 0.05) is 24.6 Å². The topological polar surface area (TPSA) is 93.2 Å². The van der Waals surface area contributed by atoms with Crippen molar-refractivity contribution in [1.29, 1.82) is 0 Å². The SMILES string of the molecule is CC1NNC(C)C1CCc1n[nH]c(=O)n1-c1ccc2c(c1)OCO2. The molecule has 2 unspecified atom stereocenters. The molecule has 3 heterocycles. The van der Waals surface area contributed by atoms with Crippen molar-refractivity contribution in [3.63, 3.8) is 0 Å². The highest BCUT2D eigenvalue weighted by molar-refractivity contribution is 5.50. The summed E-state index contributed by atoms with van der Waals surface area (Å²) in [5, 5.41) is 6.76. The highest BCUT2D eigenvalue weighted by atomic mass is 16.7. The van der Waals surface area contributed by atoms with Crippen LogP contribution in [-0.2, 0) is 6.42 Å². The lowest BCUT2D eigenvalue weighted by Gasteiger charge is -2.17. The second-order valence-corrected chi connectivity index (χ2v) is 6.39. The molecule has 0 amide bonds. The number of hydrogen-bond acceptors (Lipinski definition) is 6. The number of fused-ring (bicyclic) bond motifs is 1. The molecule has 2 aromatic rings. The third-order valence-corrected chi connectivity index (χ3v) is 4.88. The molecule has 0 saturated carbocycles. The van der Waals surface area contributed by atoms with Crippen molar-refractivity contribution < 1.29 is 9.47 Å². The molecular formula is C16H21N5O3. The molecule has 1 aromatic heterocycles. The van der Waals surface area contributed by atoms with Gasteiger partial charge in [-0.15, -0.1) is 0 Å². The first-order chi connectivity index (χ1) is 11.6. The second kappa shape index (κ2) is 5.95. The molecule has 8 heteroatoms. The number of ether oxygens (including phenoxy) is 2. The van der Waals surface area contributed by atoms with E-state index in [2.05, 4.69) is 34.9 Å². The van der Waals surface area contributed by atoms with Gasteiger partial charge in [-0.2, -0.15) is 5.10 Å². The number of hydrogen-bond donors (Lipinski definition) is 3. The largest absolute Gasteiger partial charge is 0.454 e. The number of rotatable bonds is 4. The molecule has 1 aromatic carbocycles. The molecule has 128 valence electrons. The smallest absolute Gasteiger partial charge is 0.347 e. The molecule has 0 bridgehead atoms. The van der Waals surface area contributed by atoms with Gasteiger partial charge < -0.3 is 9.47 Å². The zero-order chi connectivity index (χ0) is 16.7. The maximum atomic E-state index is 12.2. The highest BCUT2D eigenvalue weighted by Crippen LogP contribution is 2.33. The first-order valence-corrected chi connectivity index (χ1v) is 8.21. The van der Waals surface area contributed by atoms with Crippen molar-refractivity contribution in [2.75, 3.05) is 6.79 Å². The minimum atomic E-state index is -0.243. The van der Waals surface area contributed by atoms with Crippen LogP contribution in [0.3, 0.4) is 0 Å². The summed E-state index contributed by atoms with van der Waals surface area (Å²) in [4.78, 5) is 12.2. The summed E-state index contributed by atoms with van der Waals surface area (Å²) in [7, 11) is 0. The molecule has 0 radical (unpaired) electrons. The lowest BCUT2D eigenvalue weighted by Crippen LogP contribution is -2.30. The fourth-order valence-corrected chi connectivity index (χ4v) is 3.49. The van der Waals surface area contributed by atoms with Crippen LogP contribution >= 0.6 is 0 Å². The number of nitrogens with zero attached hydrogens (tertiary/aromatic N) is 2. The Hall–Kier alpha value is -2.32. The van der Waals surface area contributed by atoms with E-state index in [1.807, 2.05) is 18.2 Å². The van der Waals surface area contributed by atoms with E-state index in [1.165, 1.54) is 0 Å². The van der Waals surface area contributed by atoms with E-state index >= 15 is 0 Å². The van der Waals surface area contributed by atoms with Gasteiger partial charge in [-0.25, -0.2) is 14.5 Å². The minimum absolute atomic E-state index is 0.212. The Morgan fingerprint density at radius 1 is 1.21 bits per heavy atom. The van der Waals surface area contributed by atoms with Crippen molar-refractivity contribution >= 4 is 0 Å². The summed E-state index contributed by atoms with van der Waals surface area (Å²) in [6.45, 7) is 4.54. The summed E-state index contributed by atoms with van der Waals surface area (Å²) in [5.41, 5.74) is 7.01. The molecule has 0 aliphatic carbocycles. The lowest BCUT2D eigenvalue weighted by atomic mass is 9.91. The fraction of sp³-hybridized carbons (Fsp3) is 0.500. The Bertz CT molecular complexity index is 789. The quantitative estimate of drug-likeness (QED) is 0.764. The first kappa shape index (κ1) is 15.2. The Balaban J connectivity index is 1.59. The molecule has 1 saturated heterocycles. The van der Waals surface area contributed by atoms with Gasteiger partial charge >= 0.3 is 5.69 Å². The monoisotopic (exact) mass is 331 g/mol. The third kappa shape index (κ3) is 2.57. The van der Waals surface area contributed by atoms with Crippen LogP contribution in [0.25, 0.3) is 5.69 Å². The van der Waals surface area contributed by atoms with Gasteiger partial charge in [-0.3, -0.25) is 10.9 Å². The molecule has 24 heavy (non-hydrogen) atoms. The Labute approximate surface area is 139 Å². The van der Waals surface area contributed by atoms with Crippen LogP contribution in [0.5, 0.6) is 11.5 Å². The predicted octanol–water partition coefficient (Wildman–Crippen LogP) is 0.723. The molecule has 0 spiro atoms. The number of aryl methyl sites for hydroxylation is 1. The van der Waals surface area contributed by atoms with E-state index in [9.17, 15) is 4.79 Å². The second-order valence-electron chi connectivity index (χ2n) is 6.39. The van der Waals surface area contributed by atoms with Crippen LogP contribution in [0.15, 0.2) is 23.0 Å². The van der Waals surface area contributed by atoms with Crippen LogP contribution < -0.4 is 26.0 Å². The van der Waals surface area contributed by atoms with Crippen LogP contribution in [0.1, 0.15) is 26.1 Å². The summed E-state index contributed by atoms with van der Waals surface area (Å²) in [6.07, 6.45) is 1.66. The van der Waals surface area contributed by atoms with Crippen LogP contribution in [-0.4, -0.2) is 33.6 Å². The van der Waals surface area contributed by atoms with Crippen molar-refractivity contribution in [3.05, 3.63) is 34.5 Å². The average molecular weight is 331 g/mol. The highest BCUT2D eigenvalue weighted by Gasteiger charge is 2.29. The molecule has 2 atom stereocenters. The van der Waals surface area contributed by atoms with Crippen molar-refractivity contribution in [1.82, 2.24) is 25.6 Å². The maximum Gasteiger partial charge on any atom is 0.347 e. The molecule has 2 aliphatic rings. The van der Waals surface area contributed by atoms with Crippen molar-refractivity contribution in [2.45, 2.75) is 38.8 Å².